The number of nitrogens with two attached hydrogens (primary N) is 1. The molecule has 1 heterocycles. The third-order valence-electron chi connectivity index (χ3n) is 3.57. The van der Waals surface area contributed by atoms with Crippen LogP contribution in [0.5, 0.6) is 0 Å². The van der Waals surface area contributed by atoms with Crippen LogP contribution in [0.1, 0.15) is 40.0 Å². The highest BCUT2D eigenvalue weighted by Crippen LogP contribution is 2.30. The Kier molecular flexibility index (Phi) is 4.85. The van der Waals surface area contributed by atoms with Gasteiger partial charge in [0, 0.05) is 18.6 Å². The summed E-state index contributed by atoms with van der Waals surface area (Å²) in [5, 5.41) is 0. The highest BCUT2D eigenvalue weighted by molar-refractivity contribution is 4.87. The van der Waals surface area contributed by atoms with Crippen LogP contribution < -0.4 is 11.3 Å². The molecule has 0 radical (unpaired) electrons. The van der Waals surface area contributed by atoms with E-state index in [1.807, 2.05) is 0 Å². The normalized spacial score (nSPS) is 31.7. The van der Waals surface area contributed by atoms with E-state index >= 15 is 0 Å². The summed E-state index contributed by atoms with van der Waals surface area (Å²) in [5.74, 6) is 6.86. The first-order valence-corrected chi connectivity index (χ1v) is 5.82. The van der Waals surface area contributed by atoms with Gasteiger partial charge in [0.2, 0.25) is 0 Å². The van der Waals surface area contributed by atoms with E-state index in [-0.39, 0.29) is 0 Å². The van der Waals surface area contributed by atoms with Gasteiger partial charge in [-0.2, -0.15) is 0 Å². The fourth-order valence-electron chi connectivity index (χ4n) is 2.46. The van der Waals surface area contributed by atoms with Crippen molar-refractivity contribution in [1.82, 2.24) is 5.43 Å². The van der Waals surface area contributed by atoms with Gasteiger partial charge in [-0.15, -0.1) is 0 Å². The van der Waals surface area contributed by atoms with Crippen molar-refractivity contribution in [1.29, 1.82) is 0 Å². The lowest BCUT2D eigenvalue weighted by Crippen LogP contribution is -2.47. The minimum Gasteiger partial charge on any atom is -0.378 e. The van der Waals surface area contributed by atoms with Crippen LogP contribution in [0, 0.1) is 11.8 Å². The Morgan fingerprint density at radius 2 is 2.21 bits per heavy atom. The zero-order valence-electron chi connectivity index (χ0n) is 9.62. The molecule has 1 saturated heterocycles. The monoisotopic (exact) mass is 200 g/mol. The van der Waals surface area contributed by atoms with Crippen molar-refractivity contribution in [3.8, 4) is 0 Å². The second-order valence-electron chi connectivity index (χ2n) is 4.35. The molecule has 84 valence electrons. The number of nitrogens with one attached hydrogen (secondary N) is 1. The maximum absolute atomic E-state index is 5.70. The Morgan fingerprint density at radius 3 is 2.71 bits per heavy atom. The largest absolute Gasteiger partial charge is 0.378 e. The van der Waals surface area contributed by atoms with Crippen LogP contribution in [-0.4, -0.2) is 18.8 Å². The maximum Gasteiger partial charge on any atom is 0.0617 e. The quantitative estimate of drug-likeness (QED) is 0.524. The first kappa shape index (κ1) is 12.0. The molecule has 4 unspecified atom stereocenters. The minimum atomic E-state index is 0.407. The van der Waals surface area contributed by atoms with Crippen LogP contribution in [0.15, 0.2) is 0 Å². The molecule has 1 aliphatic heterocycles. The zero-order valence-corrected chi connectivity index (χ0v) is 9.62. The molecule has 0 spiro atoms. The number of hydrazine groups is 1. The fourth-order valence-corrected chi connectivity index (χ4v) is 2.46. The molecule has 0 aromatic carbocycles. The second kappa shape index (κ2) is 5.69. The molecule has 0 saturated carbocycles. The van der Waals surface area contributed by atoms with E-state index in [1.165, 1.54) is 6.42 Å². The van der Waals surface area contributed by atoms with Crippen molar-refractivity contribution >= 4 is 0 Å². The molecule has 0 bridgehead atoms. The Bertz CT molecular complexity index is 163. The van der Waals surface area contributed by atoms with E-state index in [0.29, 0.717) is 24.0 Å². The molecule has 1 aliphatic rings. The van der Waals surface area contributed by atoms with Gasteiger partial charge < -0.3 is 4.74 Å². The predicted molar refractivity (Wildman–Crippen MR) is 58.7 cm³/mol. The van der Waals surface area contributed by atoms with Gasteiger partial charge in [0.15, 0.2) is 0 Å². The first-order chi connectivity index (χ1) is 6.74. The van der Waals surface area contributed by atoms with E-state index in [1.54, 1.807) is 0 Å². The Hall–Kier alpha value is -0.120. The van der Waals surface area contributed by atoms with Crippen LogP contribution in [0.25, 0.3) is 0 Å². The molecule has 0 aromatic heterocycles. The molecule has 0 amide bonds. The van der Waals surface area contributed by atoms with E-state index in [0.717, 1.165) is 19.4 Å². The van der Waals surface area contributed by atoms with Crippen molar-refractivity contribution in [3.63, 3.8) is 0 Å². The van der Waals surface area contributed by atoms with Gasteiger partial charge in [-0.25, -0.2) is 0 Å². The number of hydrogen-bond acceptors (Lipinski definition) is 3. The second-order valence-corrected chi connectivity index (χ2v) is 4.35. The van der Waals surface area contributed by atoms with E-state index in [9.17, 15) is 0 Å². The molecule has 4 atom stereocenters. The molecule has 3 N–H and O–H groups in total. The average molecular weight is 200 g/mol. The minimum absolute atomic E-state index is 0.407. The van der Waals surface area contributed by atoms with Gasteiger partial charge in [-0.1, -0.05) is 27.2 Å². The SMILES string of the molecule is CCC(C)C(NN)C1CCOC1CC. The molecule has 1 rings (SSSR count). The maximum atomic E-state index is 5.70. The van der Waals surface area contributed by atoms with Crippen molar-refractivity contribution in [2.45, 2.75) is 52.2 Å². The topological polar surface area (TPSA) is 47.3 Å². The molecule has 0 aromatic rings. The van der Waals surface area contributed by atoms with Gasteiger partial charge in [0.1, 0.15) is 0 Å². The smallest absolute Gasteiger partial charge is 0.0617 e. The lowest BCUT2D eigenvalue weighted by molar-refractivity contribution is 0.0700. The van der Waals surface area contributed by atoms with Crippen LogP contribution in [0.2, 0.25) is 0 Å². The molecular weight excluding hydrogens is 176 g/mol. The number of ether oxygens (including phenoxy) is 1. The molecular formula is C11H24N2O. The van der Waals surface area contributed by atoms with Crippen molar-refractivity contribution in [2.24, 2.45) is 17.7 Å². The van der Waals surface area contributed by atoms with Crippen LogP contribution >= 0.6 is 0 Å². The summed E-state index contributed by atoms with van der Waals surface area (Å²) >= 11 is 0. The van der Waals surface area contributed by atoms with E-state index < -0.39 is 0 Å². The standard InChI is InChI=1S/C11H24N2O/c1-4-8(3)11(13-12)9-6-7-14-10(9)5-2/h8-11,13H,4-7,12H2,1-3H3. The first-order valence-electron chi connectivity index (χ1n) is 5.82. The lowest BCUT2D eigenvalue weighted by atomic mass is 9.83. The molecule has 0 aliphatic carbocycles. The Labute approximate surface area is 87.4 Å². The molecule has 1 fully saturated rings. The lowest BCUT2D eigenvalue weighted by Gasteiger charge is -2.30. The molecule has 14 heavy (non-hydrogen) atoms. The van der Waals surface area contributed by atoms with Gasteiger partial charge in [-0.3, -0.25) is 11.3 Å². The van der Waals surface area contributed by atoms with Crippen LogP contribution in [0.4, 0.5) is 0 Å². The summed E-state index contributed by atoms with van der Waals surface area (Å²) < 4.78 is 5.70. The molecule has 3 nitrogen and oxygen atoms in total. The zero-order chi connectivity index (χ0) is 10.6. The van der Waals surface area contributed by atoms with Crippen LogP contribution in [-0.2, 0) is 4.74 Å². The number of hydrogen-bond donors (Lipinski definition) is 2. The predicted octanol–water partition coefficient (Wildman–Crippen LogP) is 1.68. The van der Waals surface area contributed by atoms with Gasteiger partial charge in [-0.05, 0) is 18.8 Å². The summed E-state index contributed by atoms with van der Waals surface area (Å²) in [4.78, 5) is 0. The average Bonchev–Trinajstić information content (AvgIpc) is 2.66. The highest BCUT2D eigenvalue weighted by Gasteiger charge is 2.35. The van der Waals surface area contributed by atoms with Crippen molar-refractivity contribution in [3.05, 3.63) is 0 Å². The number of rotatable bonds is 5. The van der Waals surface area contributed by atoms with E-state index in [4.69, 9.17) is 10.6 Å². The van der Waals surface area contributed by atoms with Crippen LogP contribution in [0.3, 0.4) is 0 Å². The van der Waals surface area contributed by atoms with E-state index in [2.05, 4.69) is 26.2 Å². The van der Waals surface area contributed by atoms with Gasteiger partial charge >= 0.3 is 0 Å². The summed E-state index contributed by atoms with van der Waals surface area (Å²) in [7, 11) is 0. The Balaban J connectivity index is 2.58. The third-order valence-corrected chi connectivity index (χ3v) is 3.57. The van der Waals surface area contributed by atoms with Crippen molar-refractivity contribution < 1.29 is 4.74 Å². The van der Waals surface area contributed by atoms with Gasteiger partial charge in [0.05, 0.1) is 6.10 Å². The summed E-state index contributed by atoms with van der Waals surface area (Å²) in [6.45, 7) is 7.56. The summed E-state index contributed by atoms with van der Waals surface area (Å²) in [6, 6.07) is 0.410. The summed E-state index contributed by atoms with van der Waals surface area (Å²) in [6.07, 6.45) is 3.82. The fraction of sp³-hybridized carbons (Fsp3) is 1.00. The third kappa shape index (κ3) is 2.47. The van der Waals surface area contributed by atoms with Gasteiger partial charge in [0.25, 0.3) is 0 Å². The molecule has 3 heteroatoms. The highest BCUT2D eigenvalue weighted by atomic mass is 16.5. The van der Waals surface area contributed by atoms with Crippen molar-refractivity contribution in [2.75, 3.05) is 6.61 Å². The Morgan fingerprint density at radius 1 is 1.50 bits per heavy atom. The summed E-state index contributed by atoms with van der Waals surface area (Å²) in [5.41, 5.74) is 2.98.